The highest BCUT2D eigenvalue weighted by Gasteiger charge is 2.25. The van der Waals surface area contributed by atoms with Crippen LogP contribution in [-0.4, -0.2) is 29.0 Å². The van der Waals surface area contributed by atoms with Crippen LogP contribution in [0.3, 0.4) is 0 Å². The lowest BCUT2D eigenvalue weighted by Crippen LogP contribution is -2.45. The Hall–Kier alpha value is -1.10. The molecule has 0 spiro atoms. The van der Waals surface area contributed by atoms with Crippen LogP contribution >= 0.6 is 11.3 Å². The summed E-state index contributed by atoms with van der Waals surface area (Å²) in [6.45, 7) is 6.27. The summed E-state index contributed by atoms with van der Waals surface area (Å²) in [5.74, 6) is 0.805. The number of hydrogen-bond acceptors (Lipinski definition) is 3. The Morgan fingerprint density at radius 3 is 2.65 bits per heavy atom. The molecule has 0 saturated heterocycles. The van der Waals surface area contributed by atoms with Crippen LogP contribution in [0.1, 0.15) is 56.3 Å². The molecule has 0 bridgehead atoms. The second kappa shape index (κ2) is 6.57. The van der Waals surface area contributed by atoms with E-state index in [4.69, 9.17) is 0 Å². The smallest absolute Gasteiger partial charge is 0.317 e. The number of amides is 2. The number of aromatic nitrogens is 1. The third kappa shape index (κ3) is 3.72. The zero-order valence-corrected chi connectivity index (χ0v) is 13.7. The van der Waals surface area contributed by atoms with E-state index < -0.39 is 0 Å². The Morgan fingerprint density at radius 2 is 2.10 bits per heavy atom. The van der Waals surface area contributed by atoms with Crippen LogP contribution in [-0.2, 0) is 0 Å². The quantitative estimate of drug-likeness (QED) is 0.923. The molecule has 0 radical (unpaired) electrons. The predicted molar refractivity (Wildman–Crippen MR) is 83.0 cm³/mol. The highest BCUT2D eigenvalue weighted by Crippen LogP contribution is 2.26. The van der Waals surface area contributed by atoms with Gasteiger partial charge < -0.3 is 10.2 Å². The number of carbonyl (C=O) groups excluding carboxylic acids is 1. The van der Waals surface area contributed by atoms with E-state index in [-0.39, 0.29) is 12.1 Å². The minimum absolute atomic E-state index is 0.0164. The van der Waals surface area contributed by atoms with Gasteiger partial charge in [-0.3, -0.25) is 0 Å². The summed E-state index contributed by atoms with van der Waals surface area (Å²) in [7, 11) is 1.91. The minimum Gasteiger partial charge on any atom is -0.330 e. The molecular formula is C15H25N3OS. The molecule has 0 unspecified atom stereocenters. The molecule has 0 aromatic carbocycles. The fourth-order valence-electron chi connectivity index (χ4n) is 2.74. The summed E-state index contributed by atoms with van der Waals surface area (Å²) < 4.78 is 0. The second-order valence-electron chi connectivity index (χ2n) is 5.99. The molecule has 20 heavy (non-hydrogen) atoms. The van der Waals surface area contributed by atoms with Crippen LogP contribution < -0.4 is 5.32 Å². The minimum atomic E-state index is -0.0302. The van der Waals surface area contributed by atoms with Gasteiger partial charge in [0.15, 0.2) is 0 Å². The third-order valence-corrected chi connectivity index (χ3v) is 5.07. The molecule has 2 amide bonds. The molecule has 1 N–H and O–H groups in total. The monoisotopic (exact) mass is 295 g/mol. The molecule has 1 fully saturated rings. The number of aryl methyl sites for hydroxylation is 1. The van der Waals surface area contributed by atoms with Crippen LogP contribution in [0.4, 0.5) is 4.79 Å². The summed E-state index contributed by atoms with van der Waals surface area (Å²) in [4.78, 5) is 18.6. The van der Waals surface area contributed by atoms with Gasteiger partial charge in [0.25, 0.3) is 0 Å². The molecule has 4 nitrogen and oxygen atoms in total. The van der Waals surface area contributed by atoms with Gasteiger partial charge >= 0.3 is 6.03 Å². The lowest BCUT2D eigenvalue weighted by atomic mass is 9.87. The number of thiazole rings is 1. The van der Waals surface area contributed by atoms with Crippen molar-refractivity contribution in [2.24, 2.45) is 5.92 Å². The van der Waals surface area contributed by atoms with E-state index in [1.807, 2.05) is 31.2 Å². The first-order valence-electron chi connectivity index (χ1n) is 7.42. The molecule has 1 heterocycles. The zero-order valence-electron chi connectivity index (χ0n) is 12.8. The summed E-state index contributed by atoms with van der Waals surface area (Å²) >= 11 is 1.62. The first-order valence-corrected chi connectivity index (χ1v) is 8.30. The number of hydrogen-bond donors (Lipinski definition) is 1. The topological polar surface area (TPSA) is 45.2 Å². The third-order valence-electron chi connectivity index (χ3n) is 4.27. The Morgan fingerprint density at radius 1 is 1.45 bits per heavy atom. The summed E-state index contributed by atoms with van der Waals surface area (Å²) in [5, 5.41) is 6.10. The van der Waals surface area contributed by atoms with Crippen molar-refractivity contribution in [2.45, 2.75) is 58.5 Å². The van der Waals surface area contributed by atoms with Gasteiger partial charge in [0, 0.05) is 18.5 Å². The van der Waals surface area contributed by atoms with Crippen molar-refractivity contribution >= 4 is 17.4 Å². The molecule has 1 aliphatic carbocycles. The summed E-state index contributed by atoms with van der Waals surface area (Å²) in [5.41, 5.74) is 0.950. The van der Waals surface area contributed by atoms with Crippen LogP contribution in [0.5, 0.6) is 0 Å². The van der Waals surface area contributed by atoms with Crippen molar-refractivity contribution in [3.8, 4) is 0 Å². The largest absolute Gasteiger partial charge is 0.330 e. The van der Waals surface area contributed by atoms with Gasteiger partial charge in [0.1, 0.15) is 0 Å². The van der Waals surface area contributed by atoms with Crippen molar-refractivity contribution in [2.75, 3.05) is 7.05 Å². The second-order valence-corrected chi connectivity index (χ2v) is 7.05. The van der Waals surface area contributed by atoms with E-state index in [9.17, 15) is 4.79 Å². The van der Waals surface area contributed by atoms with Gasteiger partial charge in [-0.2, -0.15) is 0 Å². The summed E-state index contributed by atoms with van der Waals surface area (Å²) in [6.07, 6.45) is 4.69. The molecule has 1 aromatic heterocycles. The number of nitrogens with zero attached hydrogens (tertiary/aromatic N) is 2. The highest BCUT2D eigenvalue weighted by atomic mass is 32.1. The molecule has 1 aromatic rings. The lowest BCUT2D eigenvalue weighted by molar-refractivity contribution is 0.161. The van der Waals surface area contributed by atoms with Crippen LogP contribution in [0.2, 0.25) is 0 Å². The zero-order chi connectivity index (χ0) is 14.7. The maximum absolute atomic E-state index is 12.3. The van der Waals surface area contributed by atoms with Gasteiger partial charge in [0.2, 0.25) is 0 Å². The maximum Gasteiger partial charge on any atom is 0.317 e. The lowest BCUT2D eigenvalue weighted by Gasteiger charge is -2.34. The Labute approximate surface area is 125 Å². The molecule has 1 aliphatic rings. The van der Waals surface area contributed by atoms with E-state index >= 15 is 0 Å². The average molecular weight is 295 g/mol. The van der Waals surface area contributed by atoms with Crippen molar-refractivity contribution in [3.05, 3.63) is 16.1 Å². The van der Waals surface area contributed by atoms with Gasteiger partial charge in [-0.1, -0.05) is 6.92 Å². The van der Waals surface area contributed by atoms with E-state index in [0.29, 0.717) is 6.04 Å². The van der Waals surface area contributed by atoms with Gasteiger partial charge in [-0.05, 0) is 45.4 Å². The fraction of sp³-hybridized carbons (Fsp3) is 0.733. The molecule has 2 rings (SSSR count). The van der Waals surface area contributed by atoms with Gasteiger partial charge in [0.05, 0.1) is 16.7 Å². The molecule has 112 valence electrons. The fourth-order valence-corrected chi connectivity index (χ4v) is 3.44. The van der Waals surface area contributed by atoms with Crippen molar-refractivity contribution < 1.29 is 4.79 Å². The molecule has 5 heteroatoms. The average Bonchev–Trinajstić information content (AvgIpc) is 2.85. The summed E-state index contributed by atoms with van der Waals surface area (Å²) in [6, 6.07) is 0.371. The van der Waals surface area contributed by atoms with E-state index in [1.54, 1.807) is 11.3 Å². The number of rotatable bonds is 3. The molecular weight excluding hydrogens is 270 g/mol. The number of nitrogens with one attached hydrogen (secondary N) is 1. The Kier molecular flexibility index (Phi) is 5.02. The predicted octanol–water partition coefficient (Wildman–Crippen LogP) is 3.73. The number of urea groups is 1. The van der Waals surface area contributed by atoms with Crippen LogP contribution in [0.25, 0.3) is 0 Å². The van der Waals surface area contributed by atoms with E-state index in [2.05, 4.69) is 17.2 Å². The van der Waals surface area contributed by atoms with Gasteiger partial charge in [-0.25, -0.2) is 9.78 Å². The van der Waals surface area contributed by atoms with Crippen molar-refractivity contribution in [1.29, 1.82) is 0 Å². The highest BCUT2D eigenvalue weighted by molar-refractivity contribution is 7.09. The Bertz CT molecular complexity index is 452. The molecule has 0 aliphatic heterocycles. The van der Waals surface area contributed by atoms with Crippen molar-refractivity contribution in [3.63, 3.8) is 0 Å². The first-order chi connectivity index (χ1) is 9.47. The SMILES string of the molecule is Cc1nc([C@@H](C)NC(=O)N(C)C2CCC(C)CC2)cs1. The molecule has 1 atom stereocenters. The molecule has 1 saturated carbocycles. The van der Waals surface area contributed by atoms with Crippen molar-refractivity contribution in [1.82, 2.24) is 15.2 Å². The van der Waals surface area contributed by atoms with E-state index in [1.165, 1.54) is 12.8 Å². The number of carbonyl (C=O) groups is 1. The normalized spacial score (nSPS) is 24.2. The standard InChI is InChI=1S/C15H25N3OS/c1-10-5-7-13(8-6-10)18(4)15(19)16-11(2)14-9-20-12(3)17-14/h9-11,13H,5-8H2,1-4H3,(H,16,19)/t10?,11-,13?/m1/s1. The van der Waals surface area contributed by atoms with Gasteiger partial charge in [-0.15, -0.1) is 11.3 Å². The van der Waals surface area contributed by atoms with E-state index in [0.717, 1.165) is 29.5 Å². The van der Waals surface area contributed by atoms with Crippen LogP contribution in [0.15, 0.2) is 5.38 Å². The van der Waals surface area contributed by atoms with Crippen LogP contribution in [0, 0.1) is 12.8 Å². The first kappa shape index (κ1) is 15.3. The Balaban J connectivity index is 1.87. The maximum atomic E-state index is 12.3.